The van der Waals surface area contributed by atoms with Gasteiger partial charge in [0.05, 0.1) is 18.3 Å². The van der Waals surface area contributed by atoms with Crippen molar-refractivity contribution in [1.29, 1.82) is 0 Å². The summed E-state index contributed by atoms with van der Waals surface area (Å²) in [5, 5.41) is 24.8. The van der Waals surface area contributed by atoms with Crippen LogP contribution in [0.2, 0.25) is 0 Å². The maximum atomic E-state index is 14.4. The van der Waals surface area contributed by atoms with E-state index in [1.807, 2.05) is 0 Å². The second-order valence-electron chi connectivity index (χ2n) is 7.87. The normalized spacial score (nSPS) is 18.6. The Balaban J connectivity index is 1.97. The predicted octanol–water partition coefficient (Wildman–Crippen LogP) is 4.24. The van der Waals surface area contributed by atoms with E-state index in [2.05, 4.69) is 5.10 Å². The molecule has 29 heavy (non-hydrogen) atoms. The molecule has 0 fully saturated rings. The van der Waals surface area contributed by atoms with Crippen molar-refractivity contribution in [3.63, 3.8) is 0 Å². The highest BCUT2D eigenvalue weighted by atomic mass is 19.4. The van der Waals surface area contributed by atoms with Crippen molar-refractivity contribution in [3.8, 4) is 22.3 Å². The Kier molecular flexibility index (Phi) is 4.15. The van der Waals surface area contributed by atoms with Crippen molar-refractivity contribution in [2.75, 3.05) is 0 Å². The fraction of sp³-hybridized carbons (Fsp3) is 0.286. The maximum Gasteiger partial charge on any atom is 0.425 e. The molecule has 2 N–H and O–H groups in total. The fourth-order valence-electron chi connectivity index (χ4n) is 3.86. The van der Waals surface area contributed by atoms with Crippen molar-refractivity contribution in [2.45, 2.75) is 37.8 Å². The van der Waals surface area contributed by atoms with E-state index in [-0.39, 0.29) is 28.8 Å². The minimum atomic E-state index is -5.04. The lowest BCUT2D eigenvalue weighted by Gasteiger charge is -2.28. The zero-order valence-electron chi connectivity index (χ0n) is 15.6. The van der Waals surface area contributed by atoms with Crippen LogP contribution in [0.4, 0.5) is 17.6 Å². The van der Waals surface area contributed by atoms with E-state index >= 15 is 0 Å². The third kappa shape index (κ3) is 3.03. The second kappa shape index (κ2) is 6.14. The SMILES string of the molecule is CC(C)(O)Cn1cc(-c2cc(F)cc3c2-c2ccccc2[C@]3(O)C(F)(F)F)cn1. The van der Waals surface area contributed by atoms with Crippen LogP contribution in [-0.2, 0) is 12.1 Å². The summed E-state index contributed by atoms with van der Waals surface area (Å²) >= 11 is 0. The van der Waals surface area contributed by atoms with E-state index in [4.69, 9.17) is 0 Å². The van der Waals surface area contributed by atoms with Crippen molar-refractivity contribution < 1.29 is 27.8 Å². The summed E-state index contributed by atoms with van der Waals surface area (Å²) in [5.41, 5.74) is -4.37. The van der Waals surface area contributed by atoms with Crippen molar-refractivity contribution in [3.05, 3.63) is 65.7 Å². The standard InChI is InChI=1S/C21H18F4N2O2/c1-19(2,28)11-27-10-12(9-26-27)15-7-13(22)8-17-18(15)14-5-3-4-6-16(14)20(17,29)21(23,24)25/h3-10,28-29H,11H2,1-2H3/t20-/m1/s1. The van der Waals surface area contributed by atoms with E-state index < -0.39 is 28.8 Å². The van der Waals surface area contributed by atoms with Gasteiger partial charge < -0.3 is 10.2 Å². The number of hydrogen-bond acceptors (Lipinski definition) is 3. The molecule has 1 aromatic heterocycles. The molecule has 1 atom stereocenters. The van der Waals surface area contributed by atoms with E-state index in [1.165, 1.54) is 35.3 Å². The third-order valence-corrected chi connectivity index (χ3v) is 4.98. The quantitative estimate of drug-likeness (QED) is 0.640. The van der Waals surface area contributed by atoms with Gasteiger partial charge in [0, 0.05) is 22.9 Å². The van der Waals surface area contributed by atoms with Crippen LogP contribution < -0.4 is 0 Å². The molecule has 8 heteroatoms. The van der Waals surface area contributed by atoms with Crippen LogP contribution in [0.5, 0.6) is 0 Å². The number of nitrogens with zero attached hydrogens (tertiary/aromatic N) is 2. The monoisotopic (exact) mass is 406 g/mol. The Bertz CT molecular complexity index is 1100. The number of aliphatic hydroxyl groups is 2. The lowest BCUT2D eigenvalue weighted by Crippen LogP contribution is -2.41. The molecule has 0 saturated heterocycles. The molecule has 1 heterocycles. The van der Waals surface area contributed by atoms with Gasteiger partial charge in [-0.2, -0.15) is 18.3 Å². The van der Waals surface area contributed by atoms with Gasteiger partial charge in [0.2, 0.25) is 5.60 Å². The lowest BCUT2D eigenvalue weighted by molar-refractivity contribution is -0.246. The Morgan fingerprint density at radius 2 is 1.76 bits per heavy atom. The molecule has 0 bridgehead atoms. The van der Waals surface area contributed by atoms with Gasteiger partial charge in [-0.1, -0.05) is 24.3 Å². The van der Waals surface area contributed by atoms with Gasteiger partial charge in [0.15, 0.2) is 0 Å². The number of halogens is 4. The summed E-state index contributed by atoms with van der Waals surface area (Å²) in [4.78, 5) is 0. The first kappa shape index (κ1) is 19.6. The third-order valence-electron chi connectivity index (χ3n) is 4.98. The van der Waals surface area contributed by atoms with Gasteiger partial charge in [-0.15, -0.1) is 0 Å². The largest absolute Gasteiger partial charge is 0.425 e. The van der Waals surface area contributed by atoms with Gasteiger partial charge in [-0.05, 0) is 42.7 Å². The molecule has 0 unspecified atom stereocenters. The van der Waals surface area contributed by atoms with Crippen molar-refractivity contribution in [2.24, 2.45) is 0 Å². The molecule has 2 aromatic carbocycles. The van der Waals surface area contributed by atoms with Crippen LogP contribution in [0.1, 0.15) is 25.0 Å². The molecule has 0 aliphatic heterocycles. The average Bonchev–Trinajstić information content (AvgIpc) is 3.15. The Hall–Kier alpha value is -2.71. The van der Waals surface area contributed by atoms with E-state index in [1.54, 1.807) is 19.9 Å². The van der Waals surface area contributed by atoms with Crippen LogP contribution in [0.25, 0.3) is 22.3 Å². The number of rotatable bonds is 3. The molecule has 0 amide bonds. The summed E-state index contributed by atoms with van der Waals surface area (Å²) in [6, 6.07) is 7.49. The fourth-order valence-corrected chi connectivity index (χ4v) is 3.86. The lowest BCUT2D eigenvalue weighted by atomic mass is 9.89. The molecule has 4 nitrogen and oxygen atoms in total. The van der Waals surface area contributed by atoms with E-state index in [9.17, 15) is 27.8 Å². The summed E-state index contributed by atoms with van der Waals surface area (Å²) in [6.45, 7) is 3.33. The van der Waals surface area contributed by atoms with Crippen LogP contribution in [0.15, 0.2) is 48.8 Å². The zero-order chi connectivity index (χ0) is 21.2. The van der Waals surface area contributed by atoms with Crippen LogP contribution >= 0.6 is 0 Å². The molecule has 4 rings (SSSR count). The maximum absolute atomic E-state index is 14.4. The zero-order valence-corrected chi connectivity index (χ0v) is 15.6. The molecule has 1 aliphatic rings. The molecule has 152 valence electrons. The number of aromatic nitrogens is 2. The molecule has 0 spiro atoms. The molecule has 0 radical (unpaired) electrons. The van der Waals surface area contributed by atoms with Crippen molar-refractivity contribution in [1.82, 2.24) is 9.78 Å². The smallest absolute Gasteiger partial charge is 0.389 e. The van der Waals surface area contributed by atoms with E-state index in [0.29, 0.717) is 5.56 Å². The molecular formula is C21H18F4N2O2. The molecule has 1 aliphatic carbocycles. The summed E-state index contributed by atoms with van der Waals surface area (Å²) in [6.07, 6.45) is -2.11. The molecule has 0 saturated carbocycles. The topological polar surface area (TPSA) is 58.3 Å². The van der Waals surface area contributed by atoms with Gasteiger partial charge in [-0.3, -0.25) is 4.68 Å². The highest BCUT2D eigenvalue weighted by Gasteiger charge is 2.61. The minimum Gasteiger partial charge on any atom is -0.389 e. The van der Waals surface area contributed by atoms with Crippen LogP contribution in [0, 0.1) is 5.82 Å². The highest BCUT2D eigenvalue weighted by molar-refractivity contribution is 5.92. The summed E-state index contributed by atoms with van der Waals surface area (Å²) in [5.74, 6) is -0.899. The van der Waals surface area contributed by atoms with Crippen LogP contribution in [0.3, 0.4) is 0 Å². The molecule has 3 aromatic rings. The van der Waals surface area contributed by atoms with Gasteiger partial charge >= 0.3 is 6.18 Å². The number of alkyl halides is 3. The minimum absolute atomic E-state index is 0.115. The first-order chi connectivity index (χ1) is 13.4. The van der Waals surface area contributed by atoms with E-state index in [0.717, 1.165) is 12.1 Å². The molecular weight excluding hydrogens is 388 g/mol. The highest BCUT2D eigenvalue weighted by Crippen LogP contribution is 2.57. The van der Waals surface area contributed by atoms with Crippen molar-refractivity contribution >= 4 is 0 Å². The Morgan fingerprint density at radius 1 is 1.07 bits per heavy atom. The second-order valence-corrected chi connectivity index (χ2v) is 7.87. The number of hydrogen-bond donors (Lipinski definition) is 2. The summed E-state index contributed by atoms with van der Waals surface area (Å²) < 4.78 is 57.7. The predicted molar refractivity (Wildman–Crippen MR) is 98.4 cm³/mol. The Morgan fingerprint density at radius 3 is 2.41 bits per heavy atom. The van der Waals surface area contributed by atoms with Crippen LogP contribution in [-0.4, -0.2) is 31.8 Å². The Labute approximate surface area is 164 Å². The first-order valence-electron chi connectivity index (χ1n) is 8.90. The van der Waals surface area contributed by atoms with Gasteiger partial charge in [0.25, 0.3) is 0 Å². The summed E-state index contributed by atoms with van der Waals surface area (Å²) in [7, 11) is 0. The van der Waals surface area contributed by atoms with Gasteiger partial charge in [0.1, 0.15) is 5.82 Å². The number of fused-ring (bicyclic) bond motifs is 3. The first-order valence-corrected chi connectivity index (χ1v) is 8.90. The van der Waals surface area contributed by atoms with Gasteiger partial charge in [-0.25, -0.2) is 4.39 Å². The average molecular weight is 406 g/mol. The number of benzene rings is 2.